The van der Waals surface area contributed by atoms with Crippen LogP contribution in [0.4, 0.5) is 5.69 Å². The molecule has 0 aromatic heterocycles. The largest absolute Gasteiger partial charge is 0.508 e. The summed E-state index contributed by atoms with van der Waals surface area (Å²) < 4.78 is 0. The molecule has 0 unspecified atom stereocenters. The first-order chi connectivity index (χ1) is 9.06. The third kappa shape index (κ3) is 3.19. The van der Waals surface area contributed by atoms with Crippen molar-refractivity contribution in [3.63, 3.8) is 0 Å². The van der Waals surface area contributed by atoms with E-state index in [-0.39, 0.29) is 17.4 Å². The van der Waals surface area contributed by atoms with Crippen molar-refractivity contribution >= 4 is 17.4 Å². The maximum absolute atomic E-state index is 11.9. The summed E-state index contributed by atoms with van der Waals surface area (Å²) in [7, 11) is 0. The van der Waals surface area contributed by atoms with E-state index in [9.17, 15) is 9.59 Å². The van der Waals surface area contributed by atoms with Gasteiger partial charge in [-0.05, 0) is 43.3 Å². The Hall–Kier alpha value is -2.62. The number of carbonyl (C=O) groups excluding carboxylic acids is 2. The van der Waals surface area contributed by atoms with Gasteiger partial charge in [0.25, 0.3) is 5.91 Å². The molecule has 2 aromatic rings. The molecule has 0 fully saturated rings. The molecule has 0 saturated heterocycles. The molecule has 0 aliphatic rings. The Kier molecular flexibility index (Phi) is 3.61. The van der Waals surface area contributed by atoms with E-state index in [1.807, 2.05) is 0 Å². The number of nitrogens with one attached hydrogen (secondary N) is 1. The number of aromatic hydroxyl groups is 1. The minimum absolute atomic E-state index is 0.0549. The first-order valence-electron chi connectivity index (χ1n) is 5.77. The van der Waals surface area contributed by atoms with Crippen molar-refractivity contribution in [2.24, 2.45) is 0 Å². The maximum atomic E-state index is 11.9. The zero-order chi connectivity index (χ0) is 13.8. The van der Waals surface area contributed by atoms with Crippen molar-refractivity contribution in [3.05, 3.63) is 59.7 Å². The van der Waals surface area contributed by atoms with E-state index < -0.39 is 0 Å². The summed E-state index contributed by atoms with van der Waals surface area (Å²) in [6.45, 7) is 1.47. The van der Waals surface area contributed by atoms with E-state index in [1.165, 1.54) is 31.2 Å². The number of benzene rings is 2. The highest BCUT2D eigenvalue weighted by Gasteiger charge is 2.07. The van der Waals surface area contributed by atoms with Crippen LogP contribution in [0.5, 0.6) is 5.75 Å². The second-order valence-electron chi connectivity index (χ2n) is 4.14. The van der Waals surface area contributed by atoms with Gasteiger partial charge in [0.2, 0.25) is 0 Å². The quantitative estimate of drug-likeness (QED) is 0.829. The predicted octanol–water partition coefficient (Wildman–Crippen LogP) is 2.85. The Morgan fingerprint density at radius 3 is 2.32 bits per heavy atom. The first-order valence-corrected chi connectivity index (χ1v) is 5.77. The molecule has 0 spiro atoms. The number of hydrogen-bond acceptors (Lipinski definition) is 3. The molecule has 2 aromatic carbocycles. The minimum Gasteiger partial charge on any atom is -0.508 e. The average Bonchev–Trinajstić information content (AvgIpc) is 2.39. The predicted molar refractivity (Wildman–Crippen MR) is 72.5 cm³/mol. The molecule has 19 heavy (non-hydrogen) atoms. The Morgan fingerprint density at radius 1 is 1.00 bits per heavy atom. The zero-order valence-electron chi connectivity index (χ0n) is 10.4. The van der Waals surface area contributed by atoms with Crippen molar-refractivity contribution < 1.29 is 14.7 Å². The van der Waals surface area contributed by atoms with Crippen LogP contribution in [0.3, 0.4) is 0 Å². The van der Waals surface area contributed by atoms with Crippen LogP contribution in [0.1, 0.15) is 27.6 Å². The van der Waals surface area contributed by atoms with E-state index in [1.54, 1.807) is 24.3 Å². The Morgan fingerprint density at radius 2 is 1.68 bits per heavy atom. The molecule has 0 aliphatic carbocycles. The average molecular weight is 255 g/mol. The molecular weight excluding hydrogens is 242 g/mol. The van der Waals surface area contributed by atoms with Gasteiger partial charge in [-0.3, -0.25) is 9.59 Å². The fraction of sp³-hybridized carbons (Fsp3) is 0.0667. The molecule has 96 valence electrons. The lowest BCUT2D eigenvalue weighted by Crippen LogP contribution is -2.12. The van der Waals surface area contributed by atoms with Gasteiger partial charge in [0, 0.05) is 16.8 Å². The molecule has 4 heteroatoms. The van der Waals surface area contributed by atoms with Gasteiger partial charge in [-0.1, -0.05) is 12.1 Å². The van der Waals surface area contributed by atoms with Crippen LogP contribution < -0.4 is 5.32 Å². The van der Waals surface area contributed by atoms with E-state index in [0.29, 0.717) is 16.8 Å². The number of amides is 1. The maximum Gasteiger partial charge on any atom is 0.255 e. The van der Waals surface area contributed by atoms with Crippen molar-refractivity contribution in [2.75, 3.05) is 5.32 Å². The fourth-order valence-corrected chi connectivity index (χ4v) is 1.63. The highest BCUT2D eigenvalue weighted by Crippen LogP contribution is 2.14. The lowest BCUT2D eigenvalue weighted by Gasteiger charge is -2.06. The highest BCUT2D eigenvalue weighted by atomic mass is 16.3. The number of rotatable bonds is 3. The van der Waals surface area contributed by atoms with Crippen LogP contribution >= 0.6 is 0 Å². The molecule has 0 heterocycles. The smallest absolute Gasteiger partial charge is 0.255 e. The third-order valence-electron chi connectivity index (χ3n) is 2.66. The van der Waals surface area contributed by atoms with Crippen molar-refractivity contribution in [1.82, 2.24) is 0 Å². The van der Waals surface area contributed by atoms with E-state index in [4.69, 9.17) is 5.11 Å². The van der Waals surface area contributed by atoms with Crippen LogP contribution in [0, 0.1) is 0 Å². The van der Waals surface area contributed by atoms with Gasteiger partial charge in [0.05, 0.1) is 0 Å². The van der Waals surface area contributed by atoms with Gasteiger partial charge in [0.15, 0.2) is 5.78 Å². The van der Waals surface area contributed by atoms with Crippen LogP contribution in [0.25, 0.3) is 0 Å². The van der Waals surface area contributed by atoms with Gasteiger partial charge in [-0.2, -0.15) is 0 Å². The summed E-state index contributed by atoms with van der Waals surface area (Å²) in [6, 6.07) is 12.7. The van der Waals surface area contributed by atoms with Crippen LogP contribution in [0.15, 0.2) is 48.5 Å². The van der Waals surface area contributed by atoms with E-state index in [2.05, 4.69) is 5.32 Å². The molecule has 0 atom stereocenters. The topological polar surface area (TPSA) is 66.4 Å². The van der Waals surface area contributed by atoms with E-state index >= 15 is 0 Å². The Bertz CT molecular complexity index is 618. The van der Waals surface area contributed by atoms with Gasteiger partial charge in [-0.15, -0.1) is 0 Å². The van der Waals surface area contributed by atoms with Crippen molar-refractivity contribution in [1.29, 1.82) is 0 Å². The lowest BCUT2D eigenvalue weighted by molar-refractivity contribution is 0.101. The Labute approximate surface area is 110 Å². The van der Waals surface area contributed by atoms with Gasteiger partial charge < -0.3 is 10.4 Å². The summed E-state index contributed by atoms with van der Waals surface area (Å²) in [5.41, 5.74) is 1.54. The molecular formula is C15H13NO3. The van der Waals surface area contributed by atoms with E-state index in [0.717, 1.165) is 0 Å². The summed E-state index contributed by atoms with van der Waals surface area (Å²) >= 11 is 0. The Balaban J connectivity index is 2.17. The fourth-order valence-electron chi connectivity index (χ4n) is 1.63. The minimum atomic E-state index is -0.291. The van der Waals surface area contributed by atoms with Gasteiger partial charge in [0.1, 0.15) is 5.75 Å². The van der Waals surface area contributed by atoms with Crippen molar-refractivity contribution in [2.45, 2.75) is 6.92 Å². The number of hydrogen-bond donors (Lipinski definition) is 2. The summed E-state index contributed by atoms with van der Waals surface area (Å²) in [6.07, 6.45) is 0. The van der Waals surface area contributed by atoms with Gasteiger partial charge in [-0.25, -0.2) is 0 Å². The number of anilines is 1. The first kappa shape index (κ1) is 12.8. The van der Waals surface area contributed by atoms with Gasteiger partial charge >= 0.3 is 0 Å². The summed E-state index contributed by atoms with van der Waals surface area (Å²) in [4.78, 5) is 23.2. The van der Waals surface area contributed by atoms with Crippen molar-refractivity contribution in [3.8, 4) is 5.75 Å². The second kappa shape index (κ2) is 5.35. The molecule has 0 bridgehead atoms. The number of phenolic OH excluding ortho intramolecular Hbond substituents is 1. The van der Waals surface area contributed by atoms with Crippen LogP contribution in [0.2, 0.25) is 0 Å². The molecule has 0 aliphatic heterocycles. The normalized spacial score (nSPS) is 9.95. The monoisotopic (exact) mass is 255 g/mol. The number of phenols is 1. The summed E-state index contributed by atoms with van der Waals surface area (Å²) in [5, 5.41) is 11.9. The third-order valence-corrected chi connectivity index (χ3v) is 2.66. The molecule has 0 saturated carbocycles. The molecule has 2 rings (SSSR count). The molecule has 4 nitrogen and oxygen atoms in total. The standard InChI is InChI=1S/C15H13NO3/c1-10(17)12-3-2-4-13(9-12)16-15(19)11-5-7-14(18)8-6-11/h2-9,18H,1H3,(H,16,19). The second-order valence-corrected chi connectivity index (χ2v) is 4.14. The molecule has 1 amide bonds. The number of ketones is 1. The number of Topliss-reactive ketones (excluding diaryl/α,β-unsaturated/α-hetero) is 1. The zero-order valence-corrected chi connectivity index (χ0v) is 10.4. The number of carbonyl (C=O) groups is 2. The van der Waals surface area contributed by atoms with Crippen LogP contribution in [-0.2, 0) is 0 Å². The highest BCUT2D eigenvalue weighted by molar-refractivity contribution is 6.05. The molecule has 0 radical (unpaired) electrons. The lowest BCUT2D eigenvalue weighted by atomic mass is 10.1. The molecule has 2 N–H and O–H groups in total. The summed E-state index contributed by atoms with van der Waals surface area (Å²) in [5.74, 6) is -0.239. The van der Waals surface area contributed by atoms with Crippen LogP contribution in [-0.4, -0.2) is 16.8 Å². The SMILES string of the molecule is CC(=O)c1cccc(NC(=O)c2ccc(O)cc2)c1.